The van der Waals surface area contributed by atoms with E-state index in [9.17, 15) is 9.59 Å². The number of rotatable bonds is 4. The number of nitrogens with two attached hydrogens (primary N) is 1. The van der Waals surface area contributed by atoms with Crippen LogP contribution in [-0.2, 0) is 9.63 Å². The molecular weight excluding hydrogens is 338 g/mol. The van der Waals surface area contributed by atoms with E-state index in [4.69, 9.17) is 22.2 Å². The van der Waals surface area contributed by atoms with E-state index in [2.05, 4.69) is 10.5 Å². The van der Waals surface area contributed by atoms with Gasteiger partial charge in [0.1, 0.15) is 5.71 Å². The van der Waals surface area contributed by atoms with Gasteiger partial charge in [0, 0.05) is 17.7 Å². The highest BCUT2D eigenvalue weighted by molar-refractivity contribution is 7.18. The summed E-state index contributed by atoms with van der Waals surface area (Å²) in [6.45, 7) is 0. The van der Waals surface area contributed by atoms with Crippen molar-refractivity contribution >= 4 is 46.2 Å². The van der Waals surface area contributed by atoms with E-state index in [-0.39, 0.29) is 5.91 Å². The molecule has 0 saturated heterocycles. The molecule has 1 aliphatic rings. The summed E-state index contributed by atoms with van der Waals surface area (Å²) in [5.41, 5.74) is 6.79. The van der Waals surface area contributed by atoms with E-state index < -0.39 is 12.0 Å². The maximum atomic E-state index is 12.2. The van der Waals surface area contributed by atoms with Crippen molar-refractivity contribution in [2.45, 2.75) is 12.5 Å². The number of nitrogens with zero attached hydrogens (tertiary/aromatic N) is 1. The third kappa shape index (κ3) is 3.52. The van der Waals surface area contributed by atoms with Gasteiger partial charge in [-0.3, -0.25) is 9.59 Å². The molecule has 0 unspecified atom stereocenters. The number of benzene rings is 1. The van der Waals surface area contributed by atoms with E-state index in [0.717, 1.165) is 4.88 Å². The molecule has 3 N–H and O–H groups in total. The van der Waals surface area contributed by atoms with Crippen molar-refractivity contribution in [3.05, 3.63) is 51.2 Å². The fourth-order valence-corrected chi connectivity index (χ4v) is 3.11. The summed E-state index contributed by atoms with van der Waals surface area (Å²) < 4.78 is 0.658. The molecule has 6 nitrogen and oxygen atoms in total. The average Bonchev–Trinajstić information content (AvgIpc) is 3.16. The number of halogens is 1. The molecule has 0 radical (unpaired) electrons. The van der Waals surface area contributed by atoms with Crippen LogP contribution < -0.4 is 11.1 Å². The Balaban J connectivity index is 1.60. The quantitative estimate of drug-likeness (QED) is 0.888. The van der Waals surface area contributed by atoms with Crippen LogP contribution in [0.15, 0.2) is 41.6 Å². The highest BCUT2D eigenvalue weighted by atomic mass is 35.5. The summed E-state index contributed by atoms with van der Waals surface area (Å²) in [5, 5.41) is 6.66. The van der Waals surface area contributed by atoms with Crippen molar-refractivity contribution in [3.8, 4) is 0 Å². The van der Waals surface area contributed by atoms with Crippen LogP contribution >= 0.6 is 22.9 Å². The Bertz CT molecular complexity index is 786. The summed E-state index contributed by atoms with van der Waals surface area (Å²) in [6.07, 6.45) is -0.316. The predicted octanol–water partition coefficient (Wildman–Crippen LogP) is 2.63. The van der Waals surface area contributed by atoms with Crippen molar-refractivity contribution in [1.82, 2.24) is 0 Å². The molecule has 0 aliphatic carbocycles. The molecule has 118 valence electrons. The zero-order chi connectivity index (χ0) is 16.4. The Hall–Kier alpha value is -2.38. The molecule has 0 fully saturated rings. The number of thiophene rings is 1. The van der Waals surface area contributed by atoms with Crippen molar-refractivity contribution in [2.24, 2.45) is 10.9 Å². The van der Waals surface area contributed by atoms with Gasteiger partial charge < -0.3 is 15.9 Å². The third-order valence-corrected chi connectivity index (χ3v) is 4.54. The molecular formula is C15H12ClN3O3S. The molecule has 8 heteroatoms. The zero-order valence-corrected chi connectivity index (χ0v) is 13.4. The van der Waals surface area contributed by atoms with Gasteiger partial charge in [0.25, 0.3) is 5.91 Å². The van der Waals surface area contributed by atoms with Crippen molar-refractivity contribution < 1.29 is 14.4 Å². The second kappa shape index (κ2) is 6.39. The van der Waals surface area contributed by atoms with Crippen molar-refractivity contribution in [1.29, 1.82) is 0 Å². The normalized spacial score (nSPS) is 16.6. The van der Waals surface area contributed by atoms with Crippen LogP contribution in [0.2, 0.25) is 4.34 Å². The van der Waals surface area contributed by atoms with Crippen LogP contribution in [0, 0.1) is 0 Å². The lowest BCUT2D eigenvalue weighted by atomic mass is 10.1. The molecule has 3 rings (SSSR count). The smallest absolute Gasteiger partial charge is 0.268 e. The highest BCUT2D eigenvalue weighted by Crippen LogP contribution is 2.26. The van der Waals surface area contributed by atoms with Crippen LogP contribution in [0.5, 0.6) is 0 Å². The van der Waals surface area contributed by atoms with E-state index in [1.807, 2.05) is 6.07 Å². The number of primary amides is 1. The minimum absolute atomic E-state index is 0.307. The average molecular weight is 350 g/mol. The van der Waals surface area contributed by atoms with Crippen LogP contribution in [-0.4, -0.2) is 23.6 Å². The molecule has 2 aromatic rings. The minimum Gasteiger partial charge on any atom is -0.382 e. The Labute approximate surface area is 140 Å². The maximum absolute atomic E-state index is 12.2. The Kier molecular flexibility index (Phi) is 4.31. The number of hydrogen-bond donors (Lipinski definition) is 2. The molecule has 0 spiro atoms. The summed E-state index contributed by atoms with van der Waals surface area (Å²) in [4.78, 5) is 29.3. The number of amides is 2. The Morgan fingerprint density at radius 3 is 2.61 bits per heavy atom. The van der Waals surface area contributed by atoms with Crippen LogP contribution in [0.1, 0.15) is 21.7 Å². The summed E-state index contributed by atoms with van der Waals surface area (Å²) in [7, 11) is 0. The minimum atomic E-state index is -0.693. The summed E-state index contributed by atoms with van der Waals surface area (Å²) in [5.74, 6) is -0.826. The van der Waals surface area contributed by atoms with Crippen molar-refractivity contribution in [2.75, 3.05) is 5.32 Å². The van der Waals surface area contributed by atoms with Gasteiger partial charge in [0.05, 0.1) is 9.21 Å². The Morgan fingerprint density at radius 2 is 2.00 bits per heavy atom. The highest BCUT2D eigenvalue weighted by Gasteiger charge is 2.29. The first-order valence-corrected chi connectivity index (χ1v) is 7.91. The van der Waals surface area contributed by atoms with Gasteiger partial charge in [-0.15, -0.1) is 11.3 Å². The standard InChI is InChI=1S/C15H12ClN3O3S/c16-13-6-5-12(23-13)10-7-11(22-19-10)15(21)18-9-3-1-8(2-4-9)14(17)20/h1-6,11H,7H2,(H2,17,20)(H,18,21)/t11-/m1/s1. The summed E-state index contributed by atoms with van der Waals surface area (Å²) in [6, 6.07) is 9.92. The molecule has 2 amide bonds. The number of oxime groups is 1. The molecule has 0 saturated carbocycles. The fraction of sp³-hybridized carbons (Fsp3) is 0.133. The number of anilines is 1. The van der Waals surface area contributed by atoms with Gasteiger partial charge in [0.15, 0.2) is 0 Å². The van der Waals surface area contributed by atoms with Gasteiger partial charge in [-0.1, -0.05) is 16.8 Å². The molecule has 23 heavy (non-hydrogen) atoms. The van der Waals surface area contributed by atoms with Gasteiger partial charge in [-0.05, 0) is 36.4 Å². The first kappa shape index (κ1) is 15.5. The lowest BCUT2D eigenvalue weighted by Gasteiger charge is -2.09. The lowest BCUT2D eigenvalue weighted by Crippen LogP contribution is -2.28. The van der Waals surface area contributed by atoms with Crippen LogP contribution in [0.3, 0.4) is 0 Å². The number of carbonyl (C=O) groups excluding carboxylic acids is 2. The second-order valence-corrected chi connectivity index (χ2v) is 6.59. The monoisotopic (exact) mass is 349 g/mol. The predicted molar refractivity (Wildman–Crippen MR) is 88.9 cm³/mol. The van der Waals surface area contributed by atoms with E-state index in [1.54, 1.807) is 30.3 Å². The van der Waals surface area contributed by atoms with Crippen molar-refractivity contribution in [3.63, 3.8) is 0 Å². The van der Waals surface area contributed by atoms with Crippen LogP contribution in [0.4, 0.5) is 5.69 Å². The van der Waals surface area contributed by atoms with E-state index >= 15 is 0 Å². The molecule has 2 heterocycles. The number of carbonyl (C=O) groups is 2. The van der Waals surface area contributed by atoms with E-state index in [1.165, 1.54) is 11.3 Å². The Morgan fingerprint density at radius 1 is 1.26 bits per heavy atom. The van der Waals surface area contributed by atoms with Gasteiger partial charge >= 0.3 is 0 Å². The second-order valence-electron chi connectivity index (χ2n) is 4.87. The molecule has 0 bridgehead atoms. The summed E-state index contributed by atoms with van der Waals surface area (Å²) >= 11 is 7.28. The van der Waals surface area contributed by atoms with Gasteiger partial charge in [0.2, 0.25) is 12.0 Å². The zero-order valence-electron chi connectivity index (χ0n) is 11.8. The largest absolute Gasteiger partial charge is 0.382 e. The fourth-order valence-electron chi connectivity index (χ4n) is 2.07. The lowest BCUT2D eigenvalue weighted by molar-refractivity contribution is -0.125. The molecule has 1 aromatic carbocycles. The SMILES string of the molecule is NC(=O)c1ccc(NC(=O)[C@H]2CC(c3ccc(Cl)s3)=NO2)cc1. The number of nitrogens with one attached hydrogen (secondary N) is 1. The van der Waals surface area contributed by atoms with Gasteiger partial charge in [-0.25, -0.2) is 0 Å². The number of hydrogen-bond acceptors (Lipinski definition) is 5. The molecule has 1 aromatic heterocycles. The van der Waals surface area contributed by atoms with Gasteiger partial charge in [-0.2, -0.15) is 0 Å². The molecule has 1 aliphatic heterocycles. The first-order valence-electron chi connectivity index (χ1n) is 6.72. The third-order valence-electron chi connectivity index (χ3n) is 3.26. The van der Waals surface area contributed by atoms with Crippen LogP contribution in [0.25, 0.3) is 0 Å². The maximum Gasteiger partial charge on any atom is 0.268 e. The topological polar surface area (TPSA) is 93.8 Å². The van der Waals surface area contributed by atoms with E-state index in [0.29, 0.717) is 27.7 Å². The molecule has 1 atom stereocenters. The first-order chi connectivity index (χ1) is 11.0.